The molecule has 0 fully saturated rings. The molecule has 0 saturated heterocycles. The Morgan fingerprint density at radius 3 is 1.58 bits per heavy atom. The van der Waals surface area contributed by atoms with Crippen molar-refractivity contribution in [2.24, 2.45) is 17.5 Å². The van der Waals surface area contributed by atoms with Crippen LogP contribution in [0, 0.1) is 0 Å². The van der Waals surface area contributed by atoms with Crippen molar-refractivity contribution >= 4 is 39.0 Å². The van der Waals surface area contributed by atoms with Gasteiger partial charge in [0.05, 0.1) is 6.20 Å². The highest BCUT2D eigenvalue weighted by Crippen LogP contribution is 2.24. The monoisotopic (exact) mass is 350 g/mol. The van der Waals surface area contributed by atoms with Crippen molar-refractivity contribution in [1.82, 2.24) is 20.4 Å². The summed E-state index contributed by atoms with van der Waals surface area (Å²) in [6.07, 6.45) is 1.70. The predicted octanol–water partition coefficient (Wildman–Crippen LogP) is 1.12. The Morgan fingerprint density at radius 2 is 1.04 bits per heavy atom. The van der Waals surface area contributed by atoms with Crippen LogP contribution in [0.15, 0.2) is 54.7 Å². The van der Waals surface area contributed by atoms with E-state index in [1.807, 2.05) is 48.5 Å². The van der Waals surface area contributed by atoms with E-state index >= 15 is 0 Å². The van der Waals surface area contributed by atoms with Crippen LogP contribution in [0.3, 0.4) is 0 Å². The van der Waals surface area contributed by atoms with Gasteiger partial charge in [0.1, 0.15) is 0 Å². The van der Waals surface area contributed by atoms with Gasteiger partial charge in [-0.3, -0.25) is 0 Å². The normalized spacial score (nSPS) is 10.1. The lowest BCUT2D eigenvalue weighted by Crippen LogP contribution is -2.13. The zero-order valence-corrected chi connectivity index (χ0v) is 13.7. The summed E-state index contributed by atoms with van der Waals surface area (Å²) in [5.74, 6) is 17.5. The molecule has 4 aromatic rings. The van der Waals surface area contributed by atoms with Gasteiger partial charge in [0, 0.05) is 21.5 Å². The number of nitrogens with one attached hydrogen (secondary N) is 3. The number of fused-ring (bicyclic) bond motifs is 2. The quantitative estimate of drug-likeness (QED) is 0.233. The average Bonchev–Trinajstić information content (AvgIpc) is 2.73. The van der Waals surface area contributed by atoms with Crippen molar-refractivity contribution in [2.75, 3.05) is 16.3 Å². The summed E-state index contributed by atoms with van der Waals surface area (Å²) in [6, 6.07) is 15.4. The molecule has 26 heavy (non-hydrogen) atoms. The van der Waals surface area contributed by atoms with Crippen LogP contribution in [0.4, 0.5) is 17.5 Å². The lowest BCUT2D eigenvalue weighted by atomic mass is 10.2. The number of benzene rings is 2. The highest BCUT2D eigenvalue weighted by molar-refractivity contribution is 5.98. The van der Waals surface area contributed by atoms with Gasteiger partial charge in [-0.15, -0.1) is 15.3 Å². The molecule has 2 aromatic carbocycles. The van der Waals surface area contributed by atoms with Gasteiger partial charge in [0.2, 0.25) is 0 Å². The Labute approximate surface area is 148 Å². The van der Waals surface area contributed by atoms with Gasteiger partial charge in [0.15, 0.2) is 17.5 Å². The second kappa shape index (κ2) is 7.98. The minimum Gasteiger partial charge on any atom is -0.306 e. The molecule has 0 aliphatic carbocycles. The van der Waals surface area contributed by atoms with Crippen LogP contribution in [0.1, 0.15) is 0 Å². The Hall–Kier alpha value is -3.60. The highest BCUT2D eigenvalue weighted by Gasteiger charge is 2.05. The van der Waals surface area contributed by atoms with Crippen LogP contribution in [-0.2, 0) is 0 Å². The number of nitrogen functional groups attached to an aromatic ring is 3. The van der Waals surface area contributed by atoms with Crippen LogP contribution in [0.25, 0.3) is 21.5 Å². The van der Waals surface area contributed by atoms with E-state index in [4.69, 9.17) is 17.5 Å². The molecule has 9 N–H and O–H groups in total. The molecular weight excluding hydrogens is 332 g/mol. The van der Waals surface area contributed by atoms with E-state index < -0.39 is 0 Å². The molecule has 0 amide bonds. The van der Waals surface area contributed by atoms with Gasteiger partial charge < -0.3 is 16.3 Å². The highest BCUT2D eigenvalue weighted by atomic mass is 15.3. The van der Waals surface area contributed by atoms with Gasteiger partial charge in [-0.2, -0.15) is 5.10 Å². The summed E-state index contributed by atoms with van der Waals surface area (Å²) in [7, 11) is 0. The molecule has 0 saturated carbocycles. The van der Waals surface area contributed by atoms with Crippen molar-refractivity contribution < 1.29 is 0 Å². The van der Waals surface area contributed by atoms with Crippen molar-refractivity contribution in [3.8, 4) is 0 Å². The van der Waals surface area contributed by atoms with E-state index in [1.54, 1.807) is 6.20 Å². The molecule has 0 radical (unpaired) electrons. The van der Waals surface area contributed by atoms with E-state index in [0.717, 1.165) is 21.5 Å². The molecule has 10 nitrogen and oxygen atoms in total. The van der Waals surface area contributed by atoms with Gasteiger partial charge in [-0.25, -0.2) is 17.5 Å². The Balaban J connectivity index is 0.000000152. The van der Waals surface area contributed by atoms with Crippen molar-refractivity contribution in [1.29, 1.82) is 0 Å². The Morgan fingerprint density at radius 1 is 0.577 bits per heavy atom. The number of hydrazine groups is 3. The molecule has 0 spiro atoms. The zero-order chi connectivity index (χ0) is 18.4. The first kappa shape index (κ1) is 17.2. The molecule has 0 aliphatic heterocycles. The third-order valence-corrected chi connectivity index (χ3v) is 3.67. The summed E-state index contributed by atoms with van der Waals surface area (Å²) in [4.78, 5) is 0. The second-order valence-corrected chi connectivity index (χ2v) is 5.16. The molecule has 0 bridgehead atoms. The van der Waals surface area contributed by atoms with Gasteiger partial charge in [-0.1, -0.05) is 48.5 Å². The minimum atomic E-state index is 0.527. The number of hydrogen-bond donors (Lipinski definition) is 6. The summed E-state index contributed by atoms with van der Waals surface area (Å²) in [5.41, 5.74) is 7.45. The summed E-state index contributed by atoms with van der Waals surface area (Å²) >= 11 is 0. The van der Waals surface area contributed by atoms with Crippen LogP contribution in [0.2, 0.25) is 0 Å². The van der Waals surface area contributed by atoms with E-state index in [0.29, 0.717) is 17.5 Å². The molecule has 0 unspecified atom stereocenters. The lowest BCUT2D eigenvalue weighted by Gasteiger charge is -2.06. The van der Waals surface area contributed by atoms with E-state index in [1.165, 1.54) is 0 Å². The Bertz CT molecular complexity index is 972. The van der Waals surface area contributed by atoms with Gasteiger partial charge in [0.25, 0.3) is 0 Å². The first-order valence-electron chi connectivity index (χ1n) is 7.64. The second-order valence-electron chi connectivity index (χ2n) is 5.16. The van der Waals surface area contributed by atoms with Crippen LogP contribution >= 0.6 is 0 Å². The largest absolute Gasteiger partial charge is 0.306 e. The number of nitrogens with two attached hydrogens (primary N) is 3. The molecule has 0 atom stereocenters. The molecule has 4 rings (SSSR count). The van der Waals surface area contributed by atoms with Crippen LogP contribution < -0.4 is 33.8 Å². The molecule has 10 heteroatoms. The standard InChI is InChI=1S/C8H10N6.C8H8N4/c9-11-7-5-3-1-2-4-6(5)8(12-10)14-13-7;9-11-8-7-4-2-1-3-6(7)5-10-12-8/h1-4H,9-10H2,(H,11,13)(H,12,14);1-5H,9H2,(H,11,12). The van der Waals surface area contributed by atoms with E-state index in [-0.39, 0.29) is 0 Å². The van der Waals surface area contributed by atoms with Gasteiger partial charge in [-0.05, 0) is 0 Å². The number of hydrogen-bond acceptors (Lipinski definition) is 10. The van der Waals surface area contributed by atoms with E-state index in [9.17, 15) is 0 Å². The predicted molar refractivity (Wildman–Crippen MR) is 103 cm³/mol. The number of anilines is 3. The van der Waals surface area contributed by atoms with Crippen LogP contribution in [0.5, 0.6) is 0 Å². The molecule has 0 aliphatic rings. The molecule has 2 aromatic heterocycles. The van der Waals surface area contributed by atoms with E-state index in [2.05, 4.69) is 36.7 Å². The fourth-order valence-corrected chi connectivity index (χ4v) is 2.45. The topological polar surface area (TPSA) is 166 Å². The summed E-state index contributed by atoms with van der Waals surface area (Å²) in [6.45, 7) is 0. The fraction of sp³-hybridized carbons (Fsp3) is 0. The number of nitrogens with zero attached hydrogens (tertiary/aromatic N) is 4. The maximum absolute atomic E-state index is 5.30. The molecule has 132 valence electrons. The first-order valence-corrected chi connectivity index (χ1v) is 7.64. The van der Waals surface area contributed by atoms with Crippen LogP contribution in [-0.4, -0.2) is 20.4 Å². The Kier molecular flexibility index (Phi) is 5.29. The summed E-state index contributed by atoms with van der Waals surface area (Å²) in [5, 5.41) is 19.1. The van der Waals surface area contributed by atoms with Gasteiger partial charge >= 0.3 is 0 Å². The zero-order valence-electron chi connectivity index (χ0n) is 13.7. The van der Waals surface area contributed by atoms with Crippen molar-refractivity contribution in [2.45, 2.75) is 0 Å². The molecular formula is C16H18N10. The maximum Gasteiger partial charge on any atom is 0.170 e. The maximum atomic E-state index is 5.30. The fourth-order valence-electron chi connectivity index (χ4n) is 2.45. The smallest absolute Gasteiger partial charge is 0.170 e. The van der Waals surface area contributed by atoms with Crippen molar-refractivity contribution in [3.63, 3.8) is 0 Å². The third-order valence-electron chi connectivity index (χ3n) is 3.67. The van der Waals surface area contributed by atoms with Crippen molar-refractivity contribution in [3.05, 3.63) is 54.7 Å². The summed E-state index contributed by atoms with van der Waals surface area (Å²) < 4.78 is 0. The lowest BCUT2D eigenvalue weighted by molar-refractivity contribution is 1.03. The minimum absolute atomic E-state index is 0.527. The average molecular weight is 350 g/mol. The number of aromatic nitrogens is 4. The first-order chi connectivity index (χ1) is 12.8. The number of rotatable bonds is 3. The SMILES string of the molecule is NNc1nnc(NN)c2ccccc12.NNc1nncc2ccccc12. The molecule has 2 heterocycles. The third kappa shape index (κ3) is 3.42.